The quantitative estimate of drug-likeness (QED) is 0.875. The Hall–Kier alpha value is -2.40. The number of thiophene rings is 1. The van der Waals surface area contributed by atoms with Gasteiger partial charge < -0.3 is 9.84 Å². The lowest BCUT2D eigenvalue weighted by Gasteiger charge is -2.26. The van der Waals surface area contributed by atoms with Gasteiger partial charge in [-0.2, -0.15) is 11.3 Å². The molecule has 2 heterocycles. The van der Waals surface area contributed by atoms with Gasteiger partial charge in [0.05, 0.1) is 12.0 Å². The van der Waals surface area contributed by atoms with E-state index in [-0.39, 0.29) is 11.9 Å². The SMILES string of the molecule is O=C(O)/C=C/Cc1cccc2c1OC(c1ccsc1)CC2=O. The summed E-state index contributed by atoms with van der Waals surface area (Å²) < 4.78 is 6.04. The summed E-state index contributed by atoms with van der Waals surface area (Å²) in [7, 11) is 0. The van der Waals surface area contributed by atoms with Gasteiger partial charge in [0.2, 0.25) is 0 Å². The molecule has 5 heteroatoms. The number of carbonyl (C=O) groups is 2. The van der Waals surface area contributed by atoms with Gasteiger partial charge >= 0.3 is 5.97 Å². The summed E-state index contributed by atoms with van der Waals surface area (Å²) in [6.07, 6.45) is 3.13. The molecule has 3 rings (SSSR count). The van der Waals surface area contributed by atoms with Gasteiger partial charge in [-0.3, -0.25) is 4.79 Å². The second-order valence-electron chi connectivity index (χ2n) is 5.03. The molecular weight excluding hydrogens is 300 g/mol. The zero-order chi connectivity index (χ0) is 15.5. The van der Waals surface area contributed by atoms with E-state index in [2.05, 4.69) is 0 Å². The molecule has 0 aliphatic carbocycles. The molecule has 1 unspecified atom stereocenters. The maximum atomic E-state index is 12.3. The van der Waals surface area contributed by atoms with Crippen LogP contribution in [0.1, 0.15) is 34.0 Å². The number of ether oxygens (including phenoxy) is 1. The fraction of sp³-hybridized carbons (Fsp3) is 0.176. The Morgan fingerprint density at radius 2 is 2.27 bits per heavy atom. The van der Waals surface area contributed by atoms with Gasteiger partial charge in [-0.05, 0) is 34.9 Å². The fourth-order valence-corrected chi connectivity index (χ4v) is 3.20. The van der Waals surface area contributed by atoms with Crippen LogP contribution in [0.3, 0.4) is 0 Å². The lowest BCUT2D eigenvalue weighted by Crippen LogP contribution is -2.21. The van der Waals surface area contributed by atoms with Crippen molar-refractivity contribution >= 4 is 23.1 Å². The highest BCUT2D eigenvalue weighted by Crippen LogP contribution is 2.38. The summed E-state index contributed by atoms with van der Waals surface area (Å²) >= 11 is 1.57. The van der Waals surface area contributed by atoms with Gasteiger partial charge in [-0.25, -0.2) is 4.79 Å². The highest BCUT2D eigenvalue weighted by atomic mass is 32.1. The van der Waals surface area contributed by atoms with Crippen LogP contribution in [-0.2, 0) is 11.2 Å². The molecule has 4 nitrogen and oxygen atoms in total. The van der Waals surface area contributed by atoms with Crippen molar-refractivity contribution in [3.05, 3.63) is 63.9 Å². The molecule has 0 fully saturated rings. The van der Waals surface area contributed by atoms with E-state index < -0.39 is 5.97 Å². The molecule has 0 spiro atoms. The standard InChI is InChI=1S/C17H14O4S/c18-14-9-15(12-7-8-22-10-12)21-17-11(3-1-5-13(14)17)4-2-6-16(19)20/h1-3,5-8,10,15H,4,9H2,(H,19,20)/b6-2+. The van der Waals surface area contributed by atoms with Crippen LogP contribution >= 0.6 is 11.3 Å². The number of rotatable bonds is 4. The molecule has 0 bridgehead atoms. The first-order valence-corrected chi connectivity index (χ1v) is 7.82. The molecule has 1 N–H and O–H groups in total. The molecule has 0 saturated heterocycles. The largest absolute Gasteiger partial charge is 0.484 e. The number of para-hydroxylation sites is 1. The predicted molar refractivity (Wildman–Crippen MR) is 83.6 cm³/mol. The van der Waals surface area contributed by atoms with Crippen LogP contribution in [0.25, 0.3) is 0 Å². The Labute approximate surface area is 131 Å². The van der Waals surface area contributed by atoms with E-state index in [0.717, 1.165) is 17.2 Å². The van der Waals surface area contributed by atoms with Crippen molar-refractivity contribution in [3.8, 4) is 5.75 Å². The first-order valence-electron chi connectivity index (χ1n) is 6.88. The number of ketones is 1. The van der Waals surface area contributed by atoms with Crippen LogP contribution in [0.2, 0.25) is 0 Å². The van der Waals surface area contributed by atoms with Gasteiger partial charge in [-0.1, -0.05) is 18.2 Å². The number of carbonyl (C=O) groups excluding carboxylic acids is 1. The lowest BCUT2D eigenvalue weighted by atomic mass is 9.94. The molecule has 1 aliphatic rings. The summed E-state index contributed by atoms with van der Waals surface area (Å²) in [6, 6.07) is 7.37. The molecule has 1 aromatic carbocycles. The van der Waals surface area contributed by atoms with Crippen LogP contribution in [0.15, 0.2) is 47.2 Å². The Balaban J connectivity index is 1.91. The van der Waals surface area contributed by atoms with E-state index in [9.17, 15) is 9.59 Å². The van der Waals surface area contributed by atoms with Crippen LogP contribution < -0.4 is 4.74 Å². The number of Topliss-reactive ketones (excluding diaryl/α,β-unsaturated/α-hetero) is 1. The van der Waals surface area contributed by atoms with E-state index in [4.69, 9.17) is 9.84 Å². The third kappa shape index (κ3) is 2.94. The van der Waals surface area contributed by atoms with Crippen molar-refractivity contribution in [3.63, 3.8) is 0 Å². The van der Waals surface area contributed by atoms with Gasteiger partial charge in [0.15, 0.2) is 5.78 Å². The van der Waals surface area contributed by atoms with E-state index in [1.165, 1.54) is 0 Å². The summed E-state index contributed by atoms with van der Waals surface area (Å²) in [4.78, 5) is 22.9. The van der Waals surface area contributed by atoms with Crippen LogP contribution in [-0.4, -0.2) is 16.9 Å². The van der Waals surface area contributed by atoms with Gasteiger partial charge in [0.25, 0.3) is 0 Å². The number of fused-ring (bicyclic) bond motifs is 1. The Morgan fingerprint density at radius 3 is 3.00 bits per heavy atom. The van der Waals surface area contributed by atoms with Gasteiger partial charge in [0, 0.05) is 11.6 Å². The summed E-state index contributed by atoms with van der Waals surface area (Å²) in [6.45, 7) is 0. The minimum atomic E-state index is -0.988. The number of benzene rings is 1. The second-order valence-corrected chi connectivity index (χ2v) is 5.81. The second kappa shape index (κ2) is 6.15. The predicted octanol–water partition coefficient (Wildman–Crippen LogP) is 3.64. The molecule has 0 amide bonds. The van der Waals surface area contributed by atoms with Crippen molar-refractivity contribution in [2.75, 3.05) is 0 Å². The zero-order valence-corrected chi connectivity index (χ0v) is 12.5. The molecule has 1 aromatic heterocycles. The molecule has 1 aliphatic heterocycles. The first kappa shape index (κ1) is 14.5. The minimum Gasteiger partial charge on any atom is -0.484 e. The Bertz CT molecular complexity index is 731. The number of hydrogen-bond acceptors (Lipinski definition) is 4. The Kier molecular flexibility index (Phi) is 4.06. The average molecular weight is 314 g/mol. The van der Waals surface area contributed by atoms with Crippen molar-refractivity contribution in [2.24, 2.45) is 0 Å². The van der Waals surface area contributed by atoms with E-state index in [0.29, 0.717) is 24.2 Å². The molecule has 0 saturated carbocycles. The molecule has 1 atom stereocenters. The van der Waals surface area contributed by atoms with Crippen LogP contribution in [0.5, 0.6) is 5.75 Å². The number of aliphatic carboxylic acids is 1. The zero-order valence-electron chi connectivity index (χ0n) is 11.7. The van der Waals surface area contributed by atoms with Crippen LogP contribution in [0, 0.1) is 0 Å². The van der Waals surface area contributed by atoms with E-state index in [1.54, 1.807) is 29.5 Å². The molecule has 0 radical (unpaired) electrons. The maximum Gasteiger partial charge on any atom is 0.327 e. The number of carboxylic acid groups (broad SMARTS) is 1. The monoisotopic (exact) mass is 314 g/mol. The molecule has 2 aromatic rings. The average Bonchev–Trinajstić information content (AvgIpc) is 3.01. The van der Waals surface area contributed by atoms with Crippen LogP contribution in [0.4, 0.5) is 0 Å². The maximum absolute atomic E-state index is 12.3. The minimum absolute atomic E-state index is 0.0570. The van der Waals surface area contributed by atoms with Crippen molar-refractivity contribution < 1.29 is 19.4 Å². The third-order valence-electron chi connectivity index (χ3n) is 3.54. The Morgan fingerprint density at radius 1 is 1.41 bits per heavy atom. The van der Waals surface area contributed by atoms with Crippen molar-refractivity contribution in [1.82, 2.24) is 0 Å². The third-order valence-corrected chi connectivity index (χ3v) is 4.24. The van der Waals surface area contributed by atoms with E-state index >= 15 is 0 Å². The molecule has 22 heavy (non-hydrogen) atoms. The normalized spacial score (nSPS) is 17.3. The summed E-state index contributed by atoms with van der Waals surface area (Å²) in [5, 5.41) is 12.6. The smallest absolute Gasteiger partial charge is 0.327 e. The molecular formula is C17H14O4S. The number of allylic oxidation sites excluding steroid dienone is 1. The lowest BCUT2D eigenvalue weighted by molar-refractivity contribution is -0.131. The fourth-order valence-electron chi connectivity index (χ4n) is 2.50. The topological polar surface area (TPSA) is 63.6 Å². The first-order chi connectivity index (χ1) is 10.6. The highest BCUT2D eigenvalue weighted by molar-refractivity contribution is 7.07. The van der Waals surface area contributed by atoms with Crippen molar-refractivity contribution in [1.29, 1.82) is 0 Å². The highest BCUT2D eigenvalue weighted by Gasteiger charge is 2.29. The number of carboxylic acids is 1. The van der Waals surface area contributed by atoms with Crippen molar-refractivity contribution in [2.45, 2.75) is 18.9 Å². The summed E-state index contributed by atoms with van der Waals surface area (Å²) in [5.74, 6) is -0.357. The molecule has 112 valence electrons. The van der Waals surface area contributed by atoms with E-state index in [1.807, 2.05) is 22.9 Å². The van der Waals surface area contributed by atoms with Gasteiger partial charge in [0.1, 0.15) is 11.9 Å². The summed E-state index contributed by atoms with van der Waals surface area (Å²) in [5.41, 5.74) is 2.40. The number of hydrogen-bond donors (Lipinski definition) is 1. The van der Waals surface area contributed by atoms with Gasteiger partial charge in [-0.15, -0.1) is 0 Å².